The quantitative estimate of drug-likeness (QED) is 0.676. The average molecular weight is 352 g/mol. The molecular formula is C16H18ClN3O2S. The molecule has 2 N–H and O–H groups in total. The van der Waals surface area contributed by atoms with Crippen molar-refractivity contribution in [1.82, 2.24) is 14.7 Å². The van der Waals surface area contributed by atoms with Gasteiger partial charge in [-0.2, -0.15) is 4.73 Å². The lowest BCUT2D eigenvalue weighted by atomic mass is 10.2. The minimum atomic E-state index is 0. The Morgan fingerprint density at radius 2 is 2.00 bits per heavy atom. The van der Waals surface area contributed by atoms with E-state index in [1.807, 2.05) is 44.3 Å². The molecule has 0 amide bonds. The molecule has 0 aliphatic carbocycles. The van der Waals surface area contributed by atoms with Crippen LogP contribution in [0, 0.1) is 13.8 Å². The second-order valence-electron chi connectivity index (χ2n) is 4.98. The molecule has 122 valence electrons. The average Bonchev–Trinajstić information content (AvgIpc) is 2.89. The van der Waals surface area contributed by atoms with Crippen LogP contribution in [0.2, 0.25) is 5.02 Å². The molecular weight excluding hydrogens is 334 g/mol. The molecule has 0 bridgehead atoms. The molecule has 0 saturated carbocycles. The number of aryl methyl sites for hydroxylation is 1. The van der Waals surface area contributed by atoms with E-state index in [1.54, 1.807) is 23.6 Å². The Kier molecular flexibility index (Phi) is 5.51. The van der Waals surface area contributed by atoms with Crippen molar-refractivity contribution in [3.63, 3.8) is 0 Å². The van der Waals surface area contributed by atoms with Gasteiger partial charge in [0.15, 0.2) is 0 Å². The van der Waals surface area contributed by atoms with Gasteiger partial charge in [0.25, 0.3) is 0 Å². The molecule has 3 rings (SSSR count). The fourth-order valence-electron chi connectivity index (χ4n) is 2.28. The van der Waals surface area contributed by atoms with Crippen LogP contribution in [0.25, 0.3) is 11.0 Å². The lowest BCUT2D eigenvalue weighted by molar-refractivity contribution is 0.155. The van der Waals surface area contributed by atoms with Gasteiger partial charge in [-0.15, -0.1) is 0 Å². The van der Waals surface area contributed by atoms with Crippen LogP contribution >= 0.6 is 23.4 Å². The standard InChI is InChI=1S/C16H16ClN3OS.H2O/c1-10-8-18-13(11(2)15(10)17)9-22-16-19-12-6-4-5-7-14(12)20(16)21-3;/h4-8H,9H2,1-3H3;1H2. The summed E-state index contributed by atoms with van der Waals surface area (Å²) >= 11 is 7.88. The Morgan fingerprint density at radius 1 is 1.26 bits per heavy atom. The van der Waals surface area contributed by atoms with Crippen molar-refractivity contribution >= 4 is 34.4 Å². The summed E-state index contributed by atoms with van der Waals surface area (Å²) in [6, 6.07) is 7.90. The highest BCUT2D eigenvalue weighted by molar-refractivity contribution is 7.98. The summed E-state index contributed by atoms with van der Waals surface area (Å²) in [7, 11) is 1.64. The molecule has 0 saturated heterocycles. The maximum Gasteiger partial charge on any atom is 0.204 e. The highest BCUT2D eigenvalue weighted by Crippen LogP contribution is 2.28. The largest absolute Gasteiger partial charge is 0.414 e. The number of aromatic nitrogens is 3. The highest BCUT2D eigenvalue weighted by atomic mass is 35.5. The summed E-state index contributed by atoms with van der Waals surface area (Å²) in [6.07, 6.45) is 1.81. The number of hydrogen-bond acceptors (Lipinski definition) is 4. The van der Waals surface area contributed by atoms with Gasteiger partial charge in [0.2, 0.25) is 5.16 Å². The van der Waals surface area contributed by atoms with Gasteiger partial charge in [0.1, 0.15) is 12.6 Å². The van der Waals surface area contributed by atoms with Gasteiger partial charge in [-0.1, -0.05) is 35.5 Å². The summed E-state index contributed by atoms with van der Waals surface area (Å²) in [5.41, 5.74) is 4.86. The Hall–Kier alpha value is -1.76. The molecule has 1 aromatic carbocycles. The molecule has 7 heteroatoms. The predicted octanol–water partition coefficient (Wildman–Crippen LogP) is 3.23. The van der Waals surface area contributed by atoms with Gasteiger partial charge in [-0.3, -0.25) is 4.98 Å². The van der Waals surface area contributed by atoms with Crippen LogP contribution < -0.4 is 4.84 Å². The number of imidazole rings is 1. The van der Waals surface area contributed by atoms with Crippen molar-refractivity contribution in [2.45, 2.75) is 24.8 Å². The fraction of sp³-hybridized carbons (Fsp3) is 0.250. The Labute approximate surface area is 143 Å². The van der Waals surface area contributed by atoms with Crippen LogP contribution in [0.4, 0.5) is 0 Å². The number of para-hydroxylation sites is 2. The minimum Gasteiger partial charge on any atom is -0.414 e. The summed E-state index contributed by atoms with van der Waals surface area (Å²) in [5, 5.41) is 1.59. The second kappa shape index (κ2) is 7.21. The molecule has 2 heterocycles. The van der Waals surface area contributed by atoms with Crippen molar-refractivity contribution in [3.05, 3.63) is 52.3 Å². The first-order chi connectivity index (χ1) is 10.6. The third-order valence-electron chi connectivity index (χ3n) is 3.53. The smallest absolute Gasteiger partial charge is 0.204 e. The number of hydrogen-bond donors (Lipinski definition) is 0. The number of benzene rings is 1. The summed E-state index contributed by atoms with van der Waals surface area (Å²) in [4.78, 5) is 14.5. The monoisotopic (exact) mass is 351 g/mol. The molecule has 0 radical (unpaired) electrons. The van der Waals surface area contributed by atoms with Crippen molar-refractivity contribution in [3.8, 4) is 0 Å². The number of thioether (sulfide) groups is 1. The van der Waals surface area contributed by atoms with E-state index in [0.29, 0.717) is 5.75 Å². The van der Waals surface area contributed by atoms with E-state index in [9.17, 15) is 0 Å². The normalized spacial score (nSPS) is 10.6. The van der Waals surface area contributed by atoms with Gasteiger partial charge in [-0.25, -0.2) is 4.98 Å². The lowest BCUT2D eigenvalue weighted by Gasteiger charge is -2.09. The molecule has 5 nitrogen and oxygen atoms in total. The van der Waals surface area contributed by atoms with Gasteiger partial charge in [-0.05, 0) is 37.1 Å². The molecule has 0 fully saturated rings. The van der Waals surface area contributed by atoms with Crippen molar-refractivity contribution < 1.29 is 10.3 Å². The number of fused-ring (bicyclic) bond motifs is 1. The minimum absolute atomic E-state index is 0. The molecule has 2 aromatic heterocycles. The van der Waals surface area contributed by atoms with E-state index < -0.39 is 0 Å². The molecule has 0 atom stereocenters. The van der Waals surface area contributed by atoms with Gasteiger partial charge in [0, 0.05) is 17.0 Å². The van der Waals surface area contributed by atoms with Crippen LogP contribution in [-0.4, -0.2) is 27.3 Å². The van der Waals surface area contributed by atoms with E-state index in [-0.39, 0.29) is 5.48 Å². The molecule has 0 spiro atoms. The van der Waals surface area contributed by atoms with Gasteiger partial charge < -0.3 is 10.3 Å². The Bertz CT molecular complexity index is 836. The molecule has 3 aromatic rings. The number of nitrogens with zero attached hydrogens (tertiary/aromatic N) is 3. The van der Waals surface area contributed by atoms with Crippen molar-refractivity contribution in [2.75, 3.05) is 7.11 Å². The first-order valence-electron chi connectivity index (χ1n) is 6.87. The van der Waals surface area contributed by atoms with Gasteiger partial charge >= 0.3 is 0 Å². The van der Waals surface area contributed by atoms with Crippen molar-refractivity contribution in [1.29, 1.82) is 0 Å². The summed E-state index contributed by atoms with van der Waals surface area (Å²) in [6.45, 7) is 3.96. The maximum atomic E-state index is 6.29. The third kappa shape index (κ3) is 3.29. The second-order valence-corrected chi connectivity index (χ2v) is 6.30. The van der Waals surface area contributed by atoms with E-state index in [0.717, 1.165) is 38.0 Å². The van der Waals surface area contributed by atoms with E-state index in [1.165, 1.54) is 0 Å². The van der Waals surface area contributed by atoms with Crippen LogP contribution in [0.15, 0.2) is 35.6 Å². The SMILES string of the molecule is COn1c(SCc2ncc(C)c(Cl)c2C)nc2ccccc21.O. The predicted molar refractivity (Wildman–Crippen MR) is 94.1 cm³/mol. The van der Waals surface area contributed by atoms with Crippen LogP contribution in [-0.2, 0) is 5.75 Å². The molecule has 23 heavy (non-hydrogen) atoms. The van der Waals surface area contributed by atoms with Crippen molar-refractivity contribution in [2.24, 2.45) is 0 Å². The lowest BCUT2D eigenvalue weighted by Crippen LogP contribution is -2.07. The molecule has 0 aliphatic rings. The van der Waals surface area contributed by atoms with E-state index in [2.05, 4.69) is 9.97 Å². The number of pyridine rings is 1. The zero-order valence-electron chi connectivity index (χ0n) is 13.1. The molecule has 0 unspecified atom stereocenters. The van der Waals surface area contributed by atoms with E-state index in [4.69, 9.17) is 16.4 Å². The Balaban J connectivity index is 0.00000192. The first-order valence-corrected chi connectivity index (χ1v) is 8.23. The summed E-state index contributed by atoms with van der Waals surface area (Å²) in [5.74, 6) is 0.693. The van der Waals surface area contributed by atoms with Crippen LogP contribution in [0.1, 0.15) is 16.8 Å². The third-order valence-corrected chi connectivity index (χ3v) is 5.05. The first kappa shape index (κ1) is 17.6. The topological polar surface area (TPSA) is 71.4 Å². The summed E-state index contributed by atoms with van der Waals surface area (Å²) < 4.78 is 1.74. The number of halogens is 1. The number of rotatable bonds is 4. The Morgan fingerprint density at radius 3 is 2.74 bits per heavy atom. The zero-order chi connectivity index (χ0) is 15.7. The van der Waals surface area contributed by atoms with Crippen LogP contribution in [0.5, 0.6) is 0 Å². The van der Waals surface area contributed by atoms with E-state index >= 15 is 0 Å². The highest BCUT2D eigenvalue weighted by Gasteiger charge is 2.13. The fourth-order valence-corrected chi connectivity index (χ4v) is 3.45. The zero-order valence-corrected chi connectivity index (χ0v) is 14.7. The molecule has 0 aliphatic heterocycles. The van der Waals surface area contributed by atoms with Crippen LogP contribution in [0.3, 0.4) is 0 Å². The maximum absolute atomic E-state index is 6.29. The van der Waals surface area contributed by atoms with Gasteiger partial charge in [0.05, 0.1) is 11.2 Å².